The number of ether oxygens (including phenoxy) is 1. The van der Waals surface area contributed by atoms with Gasteiger partial charge in [-0.05, 0) is 212 Å². The highest BCUT2D eigenvalue weighted by molar-refractivity contribution is 5.80. The predicted octanol–water partition coefficient (Wildman–Crippen LogP) is 13.8. The minimum absolute atomic E-state index is 0.0556. The molecule has 1 aliphatic heterocycles. The van der Waals surface area contributed by atoms with Crippen LogP contribution in [0.5, 0.6) is 11.5 Å². The van der Waals surface area contributed by atoms with E-state index in [1.165, 1.54) is 123 Å². The Morgan fingerprint density at radius 1 is 0.491 bits per heavy atom. The number of benzene rings is 4. The van der Waals surface area contributed by atoms with E-state index in [0.29, 0.717) is 10.8 Å². The van der Waals surface area contributed by atoms with Crippen LogP contribution in [0.3, 0.4) is 0 Å². The summed E-state index contributed by atoms with van der Waals surface area (Å²) in [4.78, 5) is 2.63. The summed E-state index contributed by atoms with van der Waals surface area (Å²) in [5, 5.41) is 0. The van der Waals surface area contributed by atoms with Gasteiger partial charge in [-0.25, -0.2) is 0 Å². The first-order valence-corrected chi connectivity index (χ1v) is 22.5. The molecule has 4 atom stereocenters. The second-order valence-corrected chi connectivity index (χ2v) is 22.4. The molecule has 282 valence electrons. The van der Waals surface area contributed by atoms with Crippen molar-refractivity contribution in [1.29, 1.82) is 0 Å². The molecule has 55 heavy (non-hydrogen) atoms. The molecule has 0 N–H and O–H groups in total. The summed E-state index contributed by atoms with van der Waals surface area (Å²) in [6.07, 6.45) is 18.4. The molecule has 2 spiro atoms. The van der Waals surface area contributed by atoms with Gasteiger partial charge in [-0.2, -0.15) is 0 Å². The van der Waals surface area contributed by atoms with Crippen LogP contribution in [0.2, 0.25) is 0 Å². The zero-order valence-electron chi connectivity index (χ0n) is 33.7. The lowest BCUT2D eigenvalue weighted by Crippen LogP contribution is -2.64. The summed E-state index contributed by atoms with van der Waals surface area (Å²) in [5.41, 5.74) is 12.9. The first-order chi connectivity index (χ1) is 26.5. The van der Waals surface area contributed by atoms with Gasteiger partial charge in [0.2, 0.25) is 0 Å². The van der Waals surface area contributed by atoms with E-state index in [4.69, 9.17) is 4.74 Å². The fraction of sp³-hybridized carbons (Fsp3) is 0.547. The highest BCUT2D eigenvalue weighted by atomic mass is 16.5. The van der Waals surface area contributed by atoms with Crippen LogP contribution in [-0.2, 0) is 21.7 Å². The normalized spacial score (nSPS) is 39.5. The molecular formula is C53H59NO. The van der Waals surface area contributed by atoms with E-state index in [0.717, 1.165) is 52.9 Å². The Labute approximate surface area is 329 Å². The van der Waals surface area contributed by atoms with E-state index >= 15 is 0 Å². The first kappa shape index (κ1) is 32.6. The summed E-state index contributed by atoms with van der Waals surface area (Å²) in [6.45, 7) is 9.86. The van der Waals surface area contributed by atoms with Crippen molar-refractivity contribution in [2.24, 2.45) is 46.8 Å². The summed E-state index contributed by atoms with van der Waals surface area (Å²) >= 11 is 0. The lowest BCUT2D eigenvalue weighted by molar-refractivity contribution is -0.0882. The van der Waals surface area contributed by atoms with Gasteiger partial charge in [0.25, 0.3) is 0 Å². The predicted molar refractivity (Wildman–Crippen MR) is 223 cm³/mol. The standard InChI is InChI=1S/C53H59NO/c1-49(2)17-18-50(3,4)43-25-39(13-15-41(43)49)54(38-11-9-37(10-12-38)51-27-32-19-33(28-51)21-34(20-32)29-51)40-14-16-46-44(26-40)53(42-7-5-6-8-45(42)55-46)47-23-35-22-36-24-48(53)52(47,30-35)31-36/h5-16,25-26,32-36,47-48H,17-24,27-31H2,1-4H3. The Bertz CT molecular complexity index is 2210. The largest absolute Gasteiger partial charge is 0.457 e. The van der Waals surface area contributed by atoms with E-state index in [-0.39, 0.29) is 16.2 Å². The van der Waals surface area contributed by atoms with Crippen LogP contribution in [0, 0.1) is 46.8 Å². The van der Waals surface area contributed by atoms with Gasteiger partial charge in [0.1, 0.15) is 11.5 Å². The van der Waals surface area contributed by atoms with Gasteiger partial charge in [-0.3, -0.25) is 0 Å². The van der Waals surface area contributed by atoms with E-state index in [2.05, 4.69) is 118 Å². The molecule has 10 aliphatic rings. The highest BCUT2D eigenvalue weighted by Gasteiger charge is 2.79. The van der Waals surface area contributed by atoms with Gasteiger partial charge in [-0.15, -0.1) is 0 Å². The molecule has 2 nitrogen and oxygen atoms in total. The van der Waals surface area contributed by atoms with Crippen LogP contribution in [0.15, 0.2) is 84.9 Å². The molecule has 1 heterocycles. The fourth-order valence-corrected chi connectivity index (χ4v) is 17.1. The topological polar surface area (TPSA) is 12.5 Å². The first-order valence-electron chi connectivity index (χ1n) is 22.5. The van der Waals surface area contributed by atoms with Crippen LogP contribution in [0.4, 0.5) is 17.1 Å². The molecule has 0 aromatic heterocycles. The molecule has 14 rings (SSSR count). The maximum atomic E-state index is 6.93. The van der Waals surface area contributed by atoms with Crippen LogP contribution in [0.25, 0.3) is 0 Å². The van der Waals surface area contributed by atoms with E-state index in [9.17, 15) is 0 Å². The molecule has 8 fully saturated rings. The molecule has 0 saturated heterocycles. The van der Waals surface area contributed by atoms with Crippen molar-refractivity contribution in [3.05, 3.63) is 113 Å². The lowest BCUT2D eigenvalue weighted by Gasteiger charge is -2.66. The number of rotatable bonds is 4. The van der Waals surface area contributed by atoms with Crippen molar-refractivity contribution in [2.45, 2.75) is 133 Å². The quantitative estimate of drug-likeness (QED) is 0.208. The summed E-state index contributed by atoms with van der Waals surface area (Å²) < 4.78 is 6.93. The number of hydrogen-bond donors (Lipinski definition) is 0. The minimum Gasteiger partial charge on any atom is -0.457 e. The zero-order chi connectivity index (χ0) is 36.7. The Kier molecular flexibility index (Phi) is 6.22. The van der Waals surface area contributed by atoms with Crippen LogP contribution < -0.4 is 9.64 Å². The molecule has 4 aromatic rings. The molecule has 4 unspecified atom stereocenters. The smallest absolute Gasteiger partial charge is 0.131 e. The van der Waals surface area contributed by atoms with Crippen molar-refractivity contribution in [1.82, 2.24) is 0 Å². The summed E-state index contributed by atoms with van der Waals surface area (Å²) in [5.74, 6) is 8.37. The molecule has 9 aliphatic carbocycles. The highest BCUT2D eigenvalue weighted by Crippen LogP contribution is 2.85. The molecule has 8 saturated carbocycles. The molecule has 0 amide bonds. The number of nitrogens with zero attached hydrogens (tertiary/aromatic N) is 1. The average Bonchev–Trinajstić information content (AvgIpc) is 3.56. The molecule has 4 aromatic carbocycles. The van der Waals surface area contributed by atoms with E-state index < -0.39 is 0 Å². The van der Waals surface area contributed by atoms with Gasteiger partial charge in [0.05, 0.1) is 0 Å². The Morgan fingerprint density at radius 2 is 1.02 bits per heavy atom. The van der Waals surface area contributed by atoms with Crippen molar-refractivity contribution < 1.29 is 4.74 Å². The fourth-order valence-electron chi connectivity index (χ4n) is 17.1. The molecule has 7 bridgehead atoms. The van der Waals surface area contributed by atoms with Crippen LogP contribution in [-0.4, -0.2) is 0 Å². The molecular weight excluding hydrogens is 667 g/mol. The average molecular weight is 726 g/mol. The van der Waals surface area contributed by atoms with Crippen molar-refractivity contribution in [2.75, 3.05) is 4.90 Å². The van der Waals surface area contributed by atoms with Gasteiger partial charge in [0.15, 0.2) is 0 Å². The Morgan fingerprint density at radius 3 is 1.67 bits per heavy atom. The maximum Gasteiger partial charge on any atom is 0.131 e. The molecule has 2 heteroatoms. The van der Waals surface area contributed by atoms with E-state index in [1.54, 1.807) is 5.56 Å². The van der Waals surface area contributed by atoms with Crippen LogP contribution in [0.1, 0.15) is 139 Å². The van der Waals surface area contributed by atoms with Crippen molar-refractivity contribution in [3.8, 4) is 11.5 Å². The number of fused-ring (bicyclic) bond motifs is 9. The second kappa shape index (κ2) is 10.5. The lowest BCUT2D eigenvalue weighted by atomic mass is 9.37. The third kappa shape index (κ3) is 4.13. The van der Waals surface area contributed by atoms with Gasteiger partial charge in [0, 0.05) is 33.6 Å². The number of hydrogen-bond acceptors (Lipinski definition) is 2. The zero-order valence-corrected chi connectivity index (χ0v) is 33.7. The SMILES string of the molecule is CC1(C)CCC(C)(C)c2cc(N(c3ccc(C45CC6CC(CC(C6)C4)C5)cc3)c3ccc4c(c3)C3(c5ccccc5O4)C4CC5CC6CC3C4(C5)C6)ccc21. The van der Waals surface area contributed by atoms with Gasteiger partial charge < -0.3 is 9.64 Å². The summed E-state index contributed by atoms with van der Waals surface area (Å²) in [7, 11) is 0. The van der Waals surface area contributed by atoms with Gasteiger partial charge >= 0.3 is 0 Å². The maximum absolute atomic E-state index is 6.93. The number of para-hydroxylation sites is 1. The van der Waals surface area contributed by atoms with Gasteiger partial charge in [-0.1, -0.05) is 64.1 Å². The Balaban J connectivity index is 0.980. The Hall–Kier alpha value is -3.52. The third-order valence-electron chi connectivity index (χ3n) is 18.7. The third-order valence-corrected chi connectivity index (χ3v) is 18.7. The van der Waals surface area contributed by atoms with Crippen molar-refractivity contribution >= 4 is 17.1 Å². The summed E-state index contributed by atoms with van der Waals surface area (Å²) in [6, 6.07) is 34.2. The van der Waals surface area contributed by atoms with E-state index in [1.807, 2.05) is 0 Å². The second-order valence-electron chi connectivity index (χ2n) is 22.4. The number of anilines is 3. The van der Waals surface area contributed by atoms with Crippen molar-refractivity contribution in [3.63, 3.8) is 0 Å². The monoisotopic (exact) mass is 725 g/mol. The van der Waals surface area contributed by atoms with Crippen LogP contribution >= 0.6 is 0 Å². The molecule has 0 radical (unpaired) electrons. The minimum atomic E-state index is 0.0556.